The van der Waals surface area contributed by atoms with E-state index in [4.69, 9.17) is 10.5 Å². The Kier molecular flexibility index (Phi) is 5.13. The Morgan fingerprint density at radius 3 is 2.67 bits per heavy atom. The lowest BCUT2D eigenvalue weighted by Gasteiger charge is -2.18. The fourth-order valence-electron chi connectivity index (χ4n) is 1.52. The predicted molar refractivity (Wildman–Crippen MR) is 71.9 cm³/mol. The van der Waals surface area contributed by atoms with Crippen molar-refractivity contribution in [2.75, 3.05) is 32.5 Å². The first-order valence-corrected chi connectivity index (χ1v) is 7.23. The molecule has 0 unspecified atom stereocenters. The molecule has 0 aliphatic heterocycles. The number of nitrogens with two attached hydrogens (primary N) is 1. The van der Waals surface area contributed by atoms with Crippen molar-refractivity contribution in [2.24, 2.45) is 0 Å². The summed E-state index contributed by atoms with van der Waals surface area (Å²) in [4.78, 5) is 0.251. The monoisotopic (exact) mass is 272 g/mol. The molecule has 0 spiro atoms. The van der Waals surface area contributed by atoms with Crippen molar-refractivity contribution in [1.82, 2.24) is 4.31 Å². The van der Waals surface area contributed by atoms with Gasteiger partial charge in [0.2, 0.25) is 10.0 Å². The lowest BCUT2D eigenvalue weighted by atomic mass is 10.2. The van der Waals surface area contributed by atoms with E-state index in [-0.39, 0.29) is 4.90 Å². The van der Waals surface area contributed by atoms with Gasteiger partial charge in [-0.1, -0.05) is 6.07 Å². The largest absolute Gasteiger partial charge is 0.399 e. The molecule has 6 heteroatoms. The molecule has 0 aromatic heterocycles. The third-order valence-electron chi connectivity index (χ3n) is 2.66. The van der Waals surface area contributed by atoms with E-state index in [2.05, 4.69) is 0 Å². The number of hydrogen-bond donors (Lipinski definition) is 1. The van der Waals surface area contributed by atoms with Crippen molar-refractivity contribution >= 4 is 15.7 Å². The Balaban J connectivity index is 2.95. The first kappa shape index (κ1) is 14.9. The minimum atomic E-state index is -3.50. The molecule has 0 saturated carbocycles. The highest BCUT2D eigenvalue weighted by Gasteiger charge is 2.22. The molecule has 0 saturated heterocycles. The Morgan fingerprint density at radius 2 is 2.06 bits per heavy atom. The van der Waals surface area contributed by atoms with E-state index in [9.17, 15) is 8.42 Å². The third kappa shape index (κ3) is 3.44. The second-order valence-electron chi connectivity index (χ2n) is 4.05. The lowest BCUT2D eigenvalue weighted by Crippen LogP contribution is -2.30. The molecule has 0 bridgehead atoms. The summed E-state index contributed by atoms with van der Waals surface area (Å²) in [6.07, 6.45) is 0. The number of anilines is 1. The maximum absolute atomic E-state index is 12.3. The van der Waals surface area contributed by atoms with Gasteiger partial charge in [-0.3, -0.25) is 0 Å². The van der Waals surface area contributed by atoms with Crippen LogP contribution in [0.2, 0.25) is 0 Å². The van der Waals surface area contributed by atoms with Crippen molar-refractivity contribution in [2.45, 2.75) is 18.7 Å². The van der Waals surface area contributed by atoms with Crippen LogP contribution in [0.1, 0.15) is 12.5 Å². The summed E-state index contributed by atoms with van der Waals surface area (Å²) in [6, 6.07) is 4.88. The van der Waals surface area contributed by atoms with Crippen LogP contribution >= 0.6 is 0 Å². The highest BCUT2D eigenvalue weighted by Crippen LogP contribution is 2.21. The fraction of sp³-hybridized carbons (Fsp3) is 0.500. The summed E-state index contributed by atoms with van der Waals surface area (Å²) < 4.78 is 31.1. The lowest BCUT2D eigenvalue weighted by molar-refractivity contribution is 0.138. The van der Waals surface area contributed by atoms with Gasteiger partial charge in [0.15, 0.2) is 0 Å². The van der Waals surface area contributed by atoms with E-state index >= 15 is 0 Å². The molecule has 1 aromatic carbocycles. The molecule has 0 radical (unpaired) electrons. The minimum Gasteiger partial charge on any atom is -0.399 e. The topological polar surface area (TPSA) is 72.6 Å². The van der Waals surface area contributed by atoms with E-state index in [0.29, 0.717) is 31.0 Å². The summed E-state index contributed by atoms with van der Waals surface area (Å²) in [5.74, 6) is 0. The quantitative estimate of drug-likeness (QED) is 0.624. The van der Waals surface area contributed by atoms with Crippen molar-refractivity contribution in [1.29, 1.82) is 0 Å². The predicted octanol–water partition coefficient (Wildman–Crippen LogP) is 1.23. The fourth-order valence-corrected chi connectivity index (χ4v) is 2.93. The zero-order valence-corrected chi connectivity index (χ0v) is 11.8. The molecular formula is C12H20N2O3S. The Morgan fingerprint density at radius 1 is 1.39 bits per heavy atom. The molecule has 102 valence electrons. The molecule has 0 aliphatic carbocycles. The van der Waals surface area contributed by atoms with Crippen LogP contribution in [-0.4, -0.2) is 39.5 Å². The van der Waals surface area contributed by atoms with Crippen LogP contribution in [0.15, 0.2) is 23.1 Å². The molecule has 0 amide bonds. The van der Waals surface area contributed by atoms with Crippen LogP contribution in [0, 0.1) is 6.92 Å². The first-order chi connectivity index (χ1) is 8.39. The van der Waals surface area contributed by atoms with Gasteiger partial charge in [0.05, 0.1) is 11.5 Å². The number of hydrogen-bond acceptors (Lipinski definition) is 4. The summed E-state index contributed by atoms with van der Waals surface area (Å²) in [5.41, 5.74) is 6.77. The standard InChI is InChI=1S/C12H20N2O3S/c1-4-17-8-7-14(3)18(15,16)12-9-11(13)6-5-10(12)2/h5-6,9H,4,7-8,13H2,1-3H3. The molecule has 0 aliphatic rings. The number of ether oxygens (including phenoxy) is 1. The summed E-state index contributed by atoms with van der Waals surface area (Å²) in [5, 5.41) is 0. The molecule has 0 heterocycles. The summed E-state index contributed by atoms with van der Waals surface area (Å²) in [7, 11) is -1.96. The van der Waals surface area contributed by atoms with Gasteiger partial charge in [-0.2, -0.15) is 4.31 Å². The van der Waals surface area contributed by atoms with Crippen LogP contribution in [0.4, 0.5) is 5.69 Å². The number of rotatable bonds is 6. The minimum absolute atomic E-state index is 0.251. The SMILES string of the molecule is CCOCCN(C)S(=O)(=O)c1cc(N)ccc1C. The van der Waals surface area contributed by atoms with Gasteiger partial charge >= 0.3 is 0 Å². The number of nitrogen functional groups attached to an aromatic ring is 1. The maximum atomic E-state index is 12.3. The zero-order chi connectivity index (χ0) is 13.8. The molecule has 2 N–H and O–H groups in total. The van der Waals surface area contributed by atoms with Crippen molar-refractivity contribution in [3.8, 4) is 0 Å². The number of aryl methyl sites for hydroxylation is 1. The van der Waals surface area contributed by atoms with Gasteiger partial charge in [0, 0.05) is 25.9 Å². The van der Waals surface area contributed by atoms with Gasteiger partial charge < -0.3 is 10.5 Å². The molecular weight excluding hydrogens is 252 g/mol. The van der Waals surface area contributed by atoms with Crippen LogP contribution in [0.3, 0.4) is 0 Å². The third-order valence-corrected chi connectivity index (χ3v) is 4.65. The normalized spacial score (nSPS) is 12.0. The van der Waals surface area contributed by atoms with Gasteiger partial charge in [-0.15, -0.1) is 0 Å². The van der Waals surface area contributed by atoms with Crippen LogP contribution in [-0.2, 0) is 14.8 Å². The second-order valence-corrected chi connectivity index (χ2v) is 6.06. The van der Waals surface area contributed by atoms with E-state index < -0.39 is 10.0 Å². The smallest absolute Gasteiger partial charge is 0.243 e. The average molecular weight is 272 g/mol. The van der Waals surface area contributed by atoms with Crippen molar-refractivity contribution in [3.05, 3.63) is 23.8 Å². The Labute approximate surface area is 109 Å². The highest BCUT2D eigenvalue weighted by atomic mass is 32.2. The average Bonchev–Trinajstić information content (AvgIpc) is 2.32. The Hall–Kier alpha value is -1.11. The van der Waals surface area contributed by atoms with Crippen LogP contribution in [0.5, 0.6) is 0 Å². The van der Waals surface area contributed by atoms with E-state index in [0.717, 1.165) is 0 Å². The number of benzene rings is 1. The Bertz CT molecular complexity index is 500. The summed E-state index contributed by atoms with van der Waals surface area (Å²) in [6.45, 7) is 4.91. The van der Waals surface area contributed by atoms with Gasteiger partial charge in [-0.25, -0.2) is 8.42 Å². The van der Waals surface area contributed by atoms with Crippen molar-refractivity contribution < 1.29 is 13.2 Å². The van der Waals surface area contributed by atoms with E-state index in [1.54, 1.807) is 19.1 Å². The maximum Gasteiger partial charge on any atom is 0.243 e. The molecule has 18 heavy (non-hydrogen) atoms. The van der Waals surface area contributed by atoms with Gasteiger partial charge in [-0.05, 0) is 31.5 Å². The van der Waals surface area contributed by atoms with E-state index in [1.807, 2.05) is 6.92 Å². The second kappa shape index (κ2) is 6.17. The van der Waals surface area contributed by atoms with Crippen LogP contribution < -0.4 is 5.73 Å². The molecule has 1 aromatic rings. The molecule has 0 atom stereocenters. The number of nitrogens with zero attached hydrogens (tertiary/aromatic N) is 1. The zero-order valence-electron chi connectivity index (χ0n) is 11.0. The number of likely N-dealkylation sites (N-methyl/N-ethyl adjacent to an activating group) is 1. The van der Waals surface area contributed by atoms with E-state index in [1.165, 1.54) is 17.4 Å². The van der Waals surface area contributed by atoms with Crippen molar-refractivity contribution in [3.63, 3.8) is 0 Å². The first-order valence-electron chi connectivity index (χ1n) is 5.79. The highest BCUT2D eigenvalue weighted by molar-refractivity contribution is 7.89. The molecule has 5 nitrogen and oxygen atoms in total. The summed E-state index contributed by atoms with van der Waals surface area (Å²) >= 11 is 0. The van der Waals surface area contributed by atoms with Gasteiger partial charge in [0.25, 0.3) is 0 Å². The van der Waals surface area contributed by atoms with Gasteiger partial charge in [0.1, 0.15) is 0 Å². The molecule has 0 fully saturated rings. The number of sulfonamides is 1. The van der Waals surface area contributed by atoms with Crippen LogP contribution in [0.25, 0.3) is 0 Å². The molecule has 1 rings (SSSR count).